The Morgan fingerprint density at radius 1 is 1.30 bits per heavy atom. The van der Waals surface area contributed by atoms with Crippen molar-refractivity contribution in [3.05, 3.63) is 40.1 Å². The number of para-hydroxylation sites is 1. The van der Waals surface area contributed by atoms with E-state index in [4.69, 9.17) is 0 Å². The first-order valence-electron chi connectivity index (χ1n) is 7.86. The van der Waals surface area contributed by atoms with Gasteiger partial charge in [-0.05, 0) is 30.4 Å². The zero-order valence-corrected chi connectivity index (χ0v) is 13.8. The highest BCUT2D eigenvalue weighted by Crippen LogP contribution is 2.32. The fraction of sp³-hybridized carbons (Fsp3) is 0.471. The number of piperidine rings is 1. The number of nitrogens with zero attached hydrogens (tertiary/aromatic N) is 4. The lowest BCUT2D eigenvalue weighted by atomic mass is 9.84. The number of benzene rings is 1. The van der Waals surface area contributed by atoms with Gasteiger partial charge in [0.1, 0.15) is 5.82 Å². The molecule has 1 aromatic heterocycles. The maximum absolute atomic E-state index is 12.4. The summed E-state index contributed by atoms with van der Waals surface area (Å²) in [6, 6.07) is 7.67. The van der Waals surface area contributed by atoms with E-state index in [1.165, 1.54) is 4.57 Å². The molecule has 2 aromatic rings. The Bertz CT molecular complexity index is 870. The fourth-order valence-corrected chi connectivity index (χ4v) is 3.33. The van der Waals surface area contributed by atoms with E-state index in [0.717, 1.165) is 36.8 Å². The van der Waals surface area contributed by atoms with Crippen molar-refractivity contribution in [3.8, 4) is 0 Å². The predicted octanol–water partition coefficient (Wildman–Crippen LogP) is 1.85. The molecule has 0 spiro atoms. The van der Waals surface area contributed by atoms with Gasteiger partial charge in [-0.15, -0.1) is 0 Å². The minimum atomic E-state index is -0.411. The third-order valence-electron chi connectivity index (χ3n) is 4.51. The largest absolute Gasteiger partial charge is 0.409 e. The number of hydrogen-bond donors (Lipinski definition) is 1. The van der Waals surface area contributed by atoms with Crippen molar-refractivity contribution in [3.63, 3.8) is 0 Å². The first-order chi connectivity index (χ1) is 10.9. The van der Waals surface area contributed by atoms with E-state index in [2.05, 4.69) is 28.9 Å². The number of anilines is 1. The first-order valence-corrected chi connectivity index (χ1v) is 7.86. The van der Waals surface area contributed by atoms with E-state index in [1.807, 2.05) is 24.3 Å². The highest BCUT2D eigenvalue weighted by molar-refractivity contribution is 5.89. The lowest BCUT2D eigenvalue weighted by molar-refractivity contribution is 0.290. The van der Waals surface area contributed by atoms with Crippen LogP contribution in [0.4, 0.5) is 5.82 Å². The van der Waals surface area contributed by atoms with E-state index in [0.29, 0.717) is 5.82 Å². The SMILES string of the molecule is Cn1c(=O)c(=NO)nc(N2CCCC(C)(C)C2)c2ccccc21. The molecule has 6 heteroatoms. The summed E-state index contributed by atoms with van der Waals surface area (Å²) in [4.78, 5) is 19.0. The molecule has 122 valence electrons. The quantitative estimate of drug-likeness (QED) is 0.644. The topological polar surface area (TPSA) is 70.7 Å². The van der Waals surface area contributed by atoms with E-state index < -0.39 is 5.56 Å². The van der Waals surface area contributed by atoms with Gasteiger partial charge in [0.15, 0.2) is 0 Å². The van der Waals surface area contributed by atoms with Crippen molar-refractivity contribution in [2.75, 3.05) is 18.0 Å². The van der Waals surface area contributed by atoms with E-state index in [-0.39, 0.29) is 10.9 Å². The summed E-state index contributed by atoms with van der Waals surface area (Å²) < 4.78 is 1.48. The minimum absolute atomic E-state index is 0.179. The molecule has 0 aliphatic carbocycles. The van der Waals surface area contributed by atoms with Crippen LogP contribution in [0.3, 0.4) is 0 Å². The molecular formula is C17H22N4O2. The van der Waals surface area contributed by atoms with Crippen LogP contribution in [0.15, 0.2) is 34.2 Å². The third-order valence-corrected chi connectivity index (χ3v) is 4.51. The molecule has 23 heavy (non-hydrogen) atoms. The van der Waals surface area contributed by atoms with Gasteiger partial charge in [-0.2, -0.15) is 0 Å². The van der Waals surface area contributed by atoms with Crippen LogP contribution in [0.5, 0.6) is 0 Å². The highest BCUT2D eigenvalue weighted by Gasteiger charge is 2.28. The van der Waals surface area contributed by atoms with E-state index in [9.17, 15) is 10.0 Å². The van der Waals surface area contributed by atoms with Crippen LogP contribution in [-0.4, -0.2) is 27.8 Å². The Balaban J connectivity index is 2.35. The van der Waals surface area contributed by atoms with Crippen molar-refractivity contribution in [2.24, 2.45) is 17.6 Å². The van der Waals surface area contributed by atoms with Crippen molar-refractivity contribution in [2.45, 2.75) is 26.7 Å². The van der Waals surface area contributed by atoms with Gasteiger partial charge in [-0.3, -0.25) is 4.79 Å². The lowest BCUT2D eigenvalue weighted by Crippen LogP contribution is -2.41. The Hall–Kier alpha value is -2.37. The van der Waals surface area contributed by atoms with Crippen molar-refractivity contribution in [1.29, 1.82) is 0 Å². The van der Waals surface area contributed by atoms with Gasteiger partial charge in [0.2, 0.25) is 0 Å². The van der Waals surface area contributed by atoms with Gasteiger partial charge in [0.05, 0.1) is 5.52 Å². The molecular weight excluding hydrogens is 292 g/mol. The standard InChI is InChI=1S/C17H22N4O2/c1-17(2)9-6-10-21(11-17)15-12-7-4-5-8-13(12)20(3)16(22)14(18-15)19-23/h4-5,7-8,23H,6,9-11H2,1-3H3. The highest BCUT2D eigenvalue weighted by atomic mass is 16.4. The number of hydrogen-bond acceptors (Lipinski definition) is 5. The van der Waals surface area contributed by atoms with Gasteiger partial charge < -0.3 is 14.7 Å². The summed E-state index contributed by atoms with van der Waals surface area (Å²) >= 11 is 0. The second-order valence-corrected chi connectivity index (χ2v) is 6.93. The molecule has 0 unspecified atom stereocenters. The molecule has 3 rings (SSSR count). The van der Waals surface area contributed by atoms with Crippen LogP contribution in [0, 0.1) is 5.41 Å². The molecule has 1 aliphatic heterocycles. The number of aromatic nitrogens is 2. The summed E-state index contributed by atoms with van der Waals surface area (Å²) in [5.41, 5.74) is 0.376. The van der Waals surface area contributed by atoms with Gasteiger partial charge in [0.25, 0.3) is 11.0 Å². The Morgan fingerprint density at radius 3 is 2.74 bits per heavy atom. The van der Waals surface area contributed by atoms with E-state index in [1.54, 1.807) is 7.05 Å². The molecule has 2 heterocycles. The average molecular weight is 314 g/mol. The second-order valence-electron chi connectivity index (χ2n) is 6.93. The molecule has 0 atom stereocenters. The normalized spacial score (nSPS) is 18.4. The van der Waals surface area contributed by atoms with Crippen LogP contribution in [0.1, 0.15) is 26.7 Å². The molecule has 0 radical (unpaired) electrons. The summed E-state index contributed by atoms with van der Waals surface area (Å²) in [7, 11) is 1.67. The number of fused-ring (bicyclic) bond motifs is 1. The fourth-order valence-electron chi connectivity index (χ4n) is 3.33. The third kappa shape index (κ3) is 2.81. The summed E-state index contributed by atoms with van der Waals surface area (Å²) in [5, 5.41) is 13.2. The molecule has 0 saturated carbocycles. The van der Waals surface area contributed by atoms with Crippen LogP contribution >= 0.6 is 0 Å². The predicted molar refractivity (Wildman–Crippen MR) is 89.6 cm³/mol. The zero-order chi connectivity index (χ0) is 16.6. The van der Waals surface area contributed by atoms with Crippen molar-refractivity contribution < 1.29 is 5.21 Å². The van der Waals surface area contributed by atoms with Crippen molar-refractivity contribution in [1.82, 2.24) is 9.55 Å². The Labute approximate surface area is 134 Å². The van der Waals surface area contributed by atoms with Crippen LogP contribution in [0.2, 0.25) is 0 Å². The molecule has 1 N–H and O–H groups in total. The smallest absolute Gasteiger partial charge is 0.299 e. The first kappa shape index (κ1) is 15.5. The molecule has 0 bridgehead atoms. The maximum Gasteiger partial charge on any atom is 0.299 e. The summed E-state index contributed by atoms with van der Waals surface area (Å²) in [6.45, 7) is 6.21. The van der Waals surface area contributed by atoms with Crippen LogP contribution < -0.4 is 15.9 Å². The van der Waals surface area contributed by atoms with Gasteiger partial charge in [0, 0.05) is 25.5 Å². The lowest BCUT2D eigenvalue weighted by Gasteiger charge is -2.38. The monoisotopic (exact) mass is 314 g/mol. The summed E-state index contributed by atoms with van der Waals surface area (Å²) in [6.07, 6.45) is 2.24. The molecule has 6 nitrogen and oxygen atoms in total. The second kappa shape index (κ2) is 5.68. The molecule has 1 aromatic carbocycles. The van der Waals surface area contributed by atoms with Crippen molar-refractivity contribution >= 4 is 16.7 Å². The molecule has 1 aliphatic rings. The van der Waals surface area contributed by atoms with Gasteiger partial charge in [-0.25, -0.2) is 4.98 Å². The van der Waals surface area contributed by atoms with Crippen LogP contribution in [0.25, 0.3) is 10.9 Å². The average Bonchev–Trinajstić information content (AvgIpc) is 2.63. The summed E-state index contributed by atoms with van der Waals surface area (Å²) in [5.74, 6) is 0.707. The molecule has 1 fully saturated rings. The van der Waals surface area contributed by atoms with Gasteiger partial charge >= 0.3 is 0 Å². The van der Waals surface area contributed by atoms with E-state index >= 15 is 0 Å². The Morgan fingerprint density at radius 2 is 2.04 bits per heavy atom. The van der Waals surface area contributed by atoms with Crippen LogP contribution in [-0.2, 0) is 7.05 Å². The molecule has 0 amide bonds. The maximum atomic E-state index is 12.4. The van der Waals surface area contributed by atoms with Gasteiger partial charge in [-0.1, -0.05) is 31.1 Å². The molecule has 1 saturated heterocycles. The minimum Gasteiger partial charge on any atom is -0.409 e. The zero-order valence-electron chi connectivity index (χ0n) is 13.8. The number of rotatable bonds is 1. The Kier molecular flexibility index (Phi) is 3.83. The number of aryl methyl sites for hydroxylation is 1.